The maximum absolute atomic E-state index is 12.7. The van der Waals surface area contributed by atoms with Crippen LogP contribution >= 0.6 is 0 Å². The third-order valence-electron chi connectivity index (χ3n) is 3.22. The van der Waals surface area contributed by atoms with E-state index in [1.807, 2.05) is 44.4 Å². The summed E-state index contributed by atoms with van der Waals surface area (Å²) in [6.45, 7) is 4.02. The minimum absolute atomic E-state index is 0.103. The molecule has 0 spiro atoms. The molecule has 0 N–H and O–H groups in total. The number of hydrogen-bond acceptors (Lipinski definition) is 3. The van der Waals surface area contributed by atoms with Crippen molar-refractivity contribution in [2.24, 2.45) is 7.05 Å². The second-order valence-corrected chi connectivity index (χ2v) is 8.56. The van der Waals surface area contributed by atoms with E-state index in [0.29, 0.717) is 5.82 Å². The van der Waals surface area contributed by atoms with E-state index in [1.54, 1.807) is 21.5 Å². The summed E-state index contributed by atoms with van der Waals surface area (Å²) in [5.74, 6) is 1.11. The summed E-state index contributed by atoms with van der Waals surface area (Å²) in [5, 5.41) is 0. The number of anilines is 1. The van der Waals surface area contributed by atoms with Crippen LogP contribution in [0.15, 0.2) is 36.7 Å². The molecule has 0 bridgehead atoms. The third-order valence-corrected chi connectivity index (χ3v) is 5.46. The van der Waals surface area contributed by atoms with Gasteiger partial charge in [-0.15, -0.1) is 0 Å². The van der Waals surface area contributed by atoms with Crippen molar-refractivity contribution in [3.8, 4) is 5.75 Å². The van der Waals surface area contributed by atoms with Gasteiger partial charge < -0.3 is 8.99 Å². The average molecular weight is 273 g/mol. The van der Waals surface area contributed by atoms with Crippen LogP contribution < -0.4 is 8.99 Å². The predicted octanol–water partition coefficient (Wildman–Crippen LogP) is 2.16. The van der Waals surface area contributed by atoms with Gasteiger partial charge in [0.15, 0.2) is 5.82 Å². The lowest BCUT2D eigenvalue weighted by Crippen LogP contribution is -2.53. The van der Waals surface area contributed by atoms with E-state index in [1.165, 1.54) is 0 Å². The maximum Gasteiger partial charge on any atom is 0.361 e. The first-order chi connectivity index (χ1) is 9.00. The normalized spacial score (nSPS) is 16.1. The number of para-hydroxylation sites is 2. The van der Waals surface area contributed by atoms with Crippen LogP contribution in [0, 0.1) is 0 Å². The Labute approximate surface area is 112 Å². The van der Waals surface area contributed by atoms with E-state index in [-0.39, 0.29) is 5.91 Å². The Morgan fingerprint density at radius 3 is 2.74 bits per heavy atom. The Hall–Kier alpha value is -2.08. The van der Waals surface area contributed by atoms with Crippen molar-refractivity contribution in [2.75, 3.05) is 4.57 Å². The summed E-state index contributed by atoms with van der Waals surface area (Å²) in [6, 6.07) is 7.64. The number of carbonyl (C=O) groups is 1. The van der Waals surface area contributed by atoms with Crippen molar-refractivity contribution in [3.63, 3.8) is 0 Å². The van der Waals surface area contributed by atoms with Crippen molar-refractivity contribution in [1.82, 2.24) is 9.55 Å². The fourth-order valence-corrected chi connectivity index (χ4v) is 4.51. The van der Waals surface area contributed by atoms with Crippen molar-refractivity contribution < 1.29 is 9.22 Å². The van der Waals surface area contributed by atoms with Crippen LogP contribution in [0.1, 0.15) is 10.6 Å². The van der Waals surface area contributed by atoms with Crippen LogP contribution in [0.3, 0.4) is 0 Å². The lowest BCUT2D eigenvalue weighted by atomic mass is 10.3. The lowest BCUT2D eigenvalue weighted by molar-refractivity contribution is 0.0990. The highest BCUT2D eigenvalue weighted by atomic mass is 28.4. The largest absolute Gasteiger partial charge is 0.523 e. The molecule has 0 saturated heterocycles. The average Bonchev–Trinajstić information content (AvgIpc) is 2.87. The number of nitrogens with zero attached hydrogens (tertiary/aromatic N) is 3. The number of fused-ring (bicyclic) bond motifs is 1. The molecule has 0 unspecified atom stereocenters. The first-order valence-electron chi connectivity index (χ1n) is 6.10. The van der Waals surface area contributed by atoms with Gasteiger partial charge in [0.2, 0.25) is 0 Å². The van der Waals surface area contributed by atoms with Crippen LogP contribution in [0.5, 0.6) is 5.75 Å². The smallest absolute Gasteiger partial charge is 0.361 e. The first-order valence-corrected chi connectivity index (χ1v) is 8.96. The van der Waals surface area contributed by atoms with Crippen molar-refractivity contribution in [3.05, 3.63) is 42.5 Å². The molecule has 5 nitrogen and oxygen atoms in total. The Morgan fingerprint density at radius 1 is 1.32 bits per heavy atom. The highest BCUT2D eigenvalue weighted by molar-refractivity contribution is 6.81. The van der Waals surface area contributed by atoms with Gasteiger partial charge >= 0.3 is 8.48 Å². The number of aryl methyl sites for hydroxylation is 1. The molecule has 0 fully saturated rings. The van der Waals surface area contributed by atoms with Crippen molar-refractivity contribution >= 4 is 20.1 Å². The van der Waals surface area contributed by atoms with Gasteiger partial charge in [-0.2, -0.15) is 0 Å². The van der Waals surface area contributed by atoms with E-state index in [9.17, 15) is 4.79 Å². The van der Waals surface area contributed by atoms with Gasteiger partial charge in [0, 0.05) is 19.4 Å². The monoisotopic (exact) mass is 273 g/mol. The number of amides is 1. The fourth-order valence-electron chi connectivity index (χ4n) is 2.36. The molecule has 6 heteroatoms. The molecule has 2 heterocycles. The molecule has 3 rings (SSSR count). The standard InChI is InChI=1S/C13H15N3O2Si/c1-15-9-8-14-12(15)13(17)16-10-6-4-5-7-11(10)18-19(16,2)3/h4-9H,1-3H3. The minimum Gasteiger partial charge on any atom is -0.523 e. The van der Waals surface area contributed by atoms with Gasteiger partial charge in [-0.3, -0.25) is 9.36 Å². The van der Waals surface area contributed by atoms with Gasteiger partial charge in [-0.25, -0.2) is 4.98 Å². The molecular formula is C13H15N3O2Si. The van der Waals surface area contributed by atoms with E-state index >= 15 is 0 Å². The van der Waals surface area contributed by atoms with Crippen LogP contribution in [0.25, 0.3) is 0 Å². The molecule has 1 aliphatic rings. The summed E-state index contributed by atoms with van der Waals surface area (Å²) in [6.07, 6.45) is 3.40. The Kier molecular flexibility index (Phi) is 2.49. The topological polar surface area (TPSA) is 47.4 Å². The lowest BCUT2D eigenvalue weighted by Gasteiger charge is -2.26. The van der Waals surface area contributed by atoms with Crippen molar-refractivity contribution in [1.29, 1.82) is 0 Å². The maximum atomic E-state index is 12.7. The van der Waals surface area contributed by atoms with E-state index in [0.717, 1.165) is 11.4 Å². The molecule has 1 aromatic heterocycles. The molecule has 0 aliphatic carbocycles. The first kappa shape index (κ1) is 12.0. The SMILES string of the molecule is Cn1ccnc1C(=O)N1c2ccccc2O[Si]1(C)C. The summed E-state index contributed by atoms with van der Waals surface area (Å²) in [7, 11) is -0.469. The predicted molar refractivity (Wildman–Crippen MR) is 74.6 cm³/mol. The van der Waals surface area contributed by atoms with Crippen LogP contribution in [-0.2, 0) is 7.05 Å². The summed E-state index contributed by atoms with van der Waals surface area (Å²) in [5.41, 5.74) is 0.840. The van der Waals surface area contributed by atoms with Gasteiger partial charge in [-0.05, 0) is 25.2 Å². The van der Waals surface area contributed by atoms with Gasteiger partial charge in [0.25, 0.3) is 5.91 Å². The molecule has 1 amide bonds. The quantitative estimate of drug-likeness (QED) is 0.748. The van der Waals surface area contributed by atoms with E-state index < -0.39 is 8.48 Å². The zero-order chi connectivity index (χ0) is 13.6. The number of aromatic nitrogens is 2. The number of imidazole rings is 1. The Morgan fingerprint density at radius 2 is 2.05 bits per heavy atom. The van der Waals surface area contributed by atoms with Gasteiger partial charge in [0.1, 0.15) is 5.75 Å². The number of benzene rings is 1. The fraction of sp³-hybridized carbons (Fsp3) is 0.231. The van der Waals surface area contributed by atoms with Crippen LogP contribution in [-0.4, -0.2) is 23.9 Å². The molecular weight excluding hydrogens is 258 g/mol. The van der Waals surface area contributed by atoms with E-state index in [4.69, 9.17) is 4.43 Å². The van der Waals surface area contributed by atoms with Crippen molar-refractivity contribution in [2.45, 2.75) is 13.1 Å². The van der Waals surface area contributed by atoms with Gasteiger partial charge in [0.05, 0.1) is 5.69 Å². The molecule has 98 valence electrons. The number of hydrogen-bond donors (Lipinski definition) is 0. The molecule has 0 radical (unpaired) electrons. The highest BCUT2D eigenvalue weighted by Gasteiger charge is 2.46. The molecule has 1 aliphatic heterocycles. The summed E-state index contributed by atoms with van der Waals surface area (Å²) >= 11 is 0. The van der Waals surface area contributed by atoms with Crippen LogP contribution in [0.2, 0.25) is 13.1 Å². The molecule has 0 atom stereocenters. The molecule has 0 saturated carbocycles. The second-order valence-electron chi connectivity index (χ2n) is 5.02. The zero-order valence-corrected chi connectivity index (χ0v) is 12.1. The minimum atomic E-state index is -2.29. The third kappa shape index (κ3) is 1.75. The molecule has 19 heavy (non-hydrogen) atoms. The summed E-state index contributed by atoms with van der Waals surface area (Å²) < 4.78 is 9.49. The molecule has 1 aromatic carbocycles. The molecule has 2 aromatic rings. The van der Waals surface area contributed by atoms with E-state index in [2.05, 4.69) is 4.98 Å². The Bertz CT molecular complexity index is 651. The second kappa shape index (κ2) is 3.96. The van der Waals surface area contributed by atoms with Gasteiger partial charge in [-0.1, -0.05) is 12.1 Å². The zero-order valence-electron chi connectivity index (χ0n) is 11.1. The highest BCUT2D eigenvalue weighted by Crippen LogP contribution is 2.40. The number of carbonyl (C=O) groups excluding carboxylic acids is 1. The number of rotatable bonds is 1. The van der Waals surface area contributed by atoms with Crippen LogP contribution in [0.4, 0.5) is 5.69 Å². The summed E-state index contributed by atoms with van der Waals surface area (Å²) in [4.78, 5) is 16.8. The Balaban J connectivity index is 2.09.